The van der Waals surface area contributed by atoms with Gasteiger partial charge in [-0.05, 0) is 37.0 Å². The molecule has 1 amide bonds. The van der Waals surface area contributed by atoms with Crippen molar-refractivity contribution in [1.29, 1.82) is 0 Å². The van der Waals surface area contributed by atoms with Crippen LogP contribution in [0.4, 0.5) is 5.69 Å². The van der Waals surface area contributed by atoms with Gasteiger partial charge in [-0.3, -0.25) is 4.79 Å². The highest BCUT2D eigenvalue weighted by Gasteiger charge is 2.24. The average molecular weight is 235 g/mol. The standard InChI is InChI=1S/C12H13NO4/c14-10-6-8(12(16)17)3-4-9(10)13-11(15)5-7-1-2-7/h3-4,6-7,14H,1-2,5H2,(H,13,15)(H,16,17). The third-order valence-corrected chi connectivity index (χ3v) is 2.69. The Bertz CT molecular complexity index is 466. The van der Waals surface area contributed by atoms with Crippen molar-refractivity contribution in [2.45, 2.75) is 19.3 Å². The van der Waals surface area contributed by atoms with Crippen LogP contribution in [0.15, 0.2) is 18.2 Å². The Morgan fingerprint density at radius 2 is 2.06 bits per heavy atom. The second kappa shape index (κ2) is 4.45. The lowest BCUT2D eigenvalue weighted by atomic mass is 10.2. The number of carboxylic acid groups (broad SMARTS) is 1. The largest absolute Gasteiger partial charge is 0.506 e. The summed E-state index contributed by atoms with van der Waals surface area (Å²) in [6.45, 7) is 0. The number of hydrogen-bond acceptors (Lipinski definition) is 3. The summed E-state index contributed by atoms with van der Waals surface area (Å²) in [5.74, 6) is -1.02. The predicted octanol–water partition coefficient (Wildman–Crippen LogP) is 1.83. The normalized spacial score (nSPS) is 14.4. The number of benzene rings is 1. The molecule has 0 heterocycles. The summed E-state index contributed by atoms with van der Waals surface area (Å²) in [6.07, 6.45) is 2.62. The molecule has 1 aliphatic carbocycles. The van der Waals surface area contributed by atoms with E-state index in [1.807, 2.05) is 0 Å². The number of nitrogens with one attached hydrogen (secondary N) is 1. The molecule has 0 spiro atoms. The van der Waals surface area contributed by atoms with Gasteiger partial charge in [-0.25, -0.2) is 4.79 Å². The van der Waals surface area contributed by atoms with E-state index >= 15 is 0 Å². The topological polar surface area (TPSA) is 86.6 Å². The molecule has 17 heavy (non-hydrogen) atoms. The molecule has 0 unspecified atom stereocenters. The first kappa shape index (κ1) is 11.4. The van der Waals surface area contributed by atoms with Crippen LogP contribution in [0.1, 0.15) is 29.6 Å². The maximum atomic E-state index is 11.5. The predicted molar refractivity (Wildman–Crippen MR) is 61.0 cm³/mol. The Morgan fingerprint density at radius 1 is 1.35 bits per heavy atom. The highest BCUT2D eigenvalue weighted by molar-refractivity contribution is 5.94. The molecule has 5 nitrogen and oxygen atoms in total. The molecule has 0 saturated heterocycles. The summed E-state index contributed by atoms with van der Waals surface area (Å²) in [5.41, 5.74) is 0.239. The van der Waals surface area contributed by atoms with Gasteiger partial charge in [-0.15, -0.1) is 0 Å². The summed E-state index contributed by atoms with van der Waals surface area (Å²) in [7, 11) is 0. The number of rotatable bonds is 4. The molecule has 0 bridgehead atoms. The molecule has 5 heteroatoms. The van der Waals surface area contributed by atoms with Gasteiger partial charge < -0.3 is 15.5 Å². The zero-order chi connectivity index (χ0) is 12.4. The summed E-state index contributed by atoms with van der Waals surface area (Å²) in [6, 6.07) is 3.85. The summed E-state index contributed by atoms with van der Waals surface area (Å²) >= 11 is 0. The molecule has 1 aromatic rings. The van der Waals surface area contributed by atoms with E-state index < -0.39 is 5.97 Å². The number of carboxylic acids is 1. The minimum atomic E-state index is -1.11. The first-order valence-corrected chi connectivity index (χ1v) is 5.42. The smallest absolute Gasteiger partial charge is 0.335 e. The highest BCUT2D eigenvalue weighted by atomic mass is 16.4. The van der Waals surface area contributed by atoms with Gasteiger partial charge in [0.25, 0.3) is 0 Å². The molecule has 1 aliphatic rings. The quantitative estimate of drug-likeness (QED) is 0.695. The lowest BCUT2D eigenvalue weighted by Crippen LogP contribution is -2.12. The van der Waals surface area contributed by atoms with E-state index in [2.05, 4.69) is 5.32 Å². The first-order valence-electron chi connectivity index (χ1n) is 5.42. The maximum Gasteiger partial charge on any atom is 0.335 e. The fraction of sp³-hybridized carbons (Fsp3) is 0.333. The van der Waals surface area contributed by atoms with E-state index in [0.717, 1.165) is 18.9 Å². The molecule has 0 aliphatic heterocycles. The van der Waals surface area contributed by atoms with Crippen molar-refractivity contribution in [2.75, 3.05) is 5.32 Å². The van der Waals surface area contributed by atoms with Gasteiger partial charge in [0.1, 0.15) is 5.75 Å². The number of carbonyl (C=O) groups excluding carboxylic acids is 1. The second-order valence-corrected chi connectivity index (χ2v) is 4.23. The third-order valence-electron chi connectivity index (χ3n) is 2.69. The second-order valence-electron chi connectivity index (χ2n) is 4.23. The average Bonchev–Trinajstić information content (AvgIpc) is 3.04. The Balaban J connectivity index is 2.04. The van der Waals surface area contributed by atoms with E-state index in [-0.39, 0.29) is 22.9 Å². The Hall–Kier alpha value is -2.04. The molecule has 0 atom stereocenters. The van der Waals surface area contributed by atoms with Crippen molar-refractivity contribution < 1.29 is 19.8 Å². The van der Waals surface area contributed by atoms with Crippen LogP contribution in [-0.4, -0.2) is 22.1 Å². The van der Waals surface area contributed by atoms with Crippen LogP contribution in [-0.2, 0) is 4.79 Å². The van der Waals surface area contributed by atoms with E-state index in [1.165, 1.54) is 12.1 Å². The zero-order valence-electron chi connectivity index (χ0n) is 9.14. The van der Waals surface area contributed by atoms with Crippen LogP contribution in [0.25, 0.3) is 0 Å². The van der Waals surface area contributed by atoms with Crippen LogP contribution < -0.4 is 5.32 Å². The third kappa shape index (κ3) is 2.96. The van der Waals surface area contributed by atoms with E-state index in [1.54, 1.807) is 0 Å². The summed E-state index contributed by atoms with van der Waals surface area (Å²) < 4.78 is 0. The van der Waals surface area contributed by atoms with E-state index in [0.29, 0.717) is 12.3 Å². The van der Waals surface area contributed by atoms with Crippen molar-refractivity contribution in [3.8, 4) is 5.75 Å². The number of carbonyl (C=O) groups is 2. The Kier molecular flexibility index (Phi) is 2.99. The number of anilines is 1. The van der Waals surface area contributed by atoms with Gasteiger partial charge in [0.15, 0.2) is 0 Å². The lowest BCUT2D eigenvalue weighted by molar-refractivity contribution is -0.116. The number of aromatic carboxylic acids is 1. The van der Waals surface area contributed by atoms with E-state index in [9.17, 15) is 14.7 Å². The molecule has 3 N–H and O–H groups in total. The van der Waals surface area contributed by atoms with E-state index in [4.69, 9.17) is 5.11 Å². The molecule has 0 radical (unpaired) electrons. The Labute approximate surface area is 98.1 Å². The van der Waals surface area contributed by atoms with Crippen molar-refractivity contribution in [3.63, 3.8) is 0 Å². The molecule has 2 rings (SSSR count). The molecule has 0 aromatic heterocycles. The highest BCUT2D eigenvalue weighted by Crippen LogP contribution is 2.33. The van der Waals surface area contributed by atoms with Crippen molar-refractivity contribution in [3.05, 3.63) is 23.8 Å². The van der Waals surface area contributed by atoms with Gasteiger partial charge >= 0.3 is 5.97 Å². The number of aromatic hydroxyl groups is 1. The summed E-state index contributed by atoms with van der Waals surface area (Å²) in [5, 5.41) is 20.8. The van der Waals surface area contributed by atoms with Crippen molar-refractivity contribution >= 4 is 17.6 Å². The number of hydrogen-bond donors (Lipinski definition) is 3. The molecule has 1 fully saturated rings. The first-order chi connectivity index (χ1) is 8.06. The van der Waals surface area contributed by atoms with Crippen LogP contribution >= 0.6 is 0 Å². The molecule has 1 aromatic carbocycles. The van der Waals surface area contributed by atoms with Gasteiger partial charge in [0.05, 0.1) is 11.3 Å². The van der Waals surface area contributed by atoms with Crippen LogP contribution in [0.2, 0.25) is 0 Å². The fourth-order valence-corrected chi connectivity index (χ4v) is 1.56. The van der Waals surface area contributed by atoms with Crippen molar-refractivity contribution in [1.82, 2.24) is 0 Å². The van der Waals surface area contributed by atoms with Gasteiger partial charge in [0.2, 0.25) is 5.91 Å². The van der Waals surface area contributed by atoms with Crippen LogP contribution in [0, 0.1) is 5.92 Å². The zero-order valence-corrected chi connectivity index (χ0v) is 9.14. The minimum Gasteiger partial charge on any atom is -0.506 e. The Morgan fingerprint density at radius 3 is 2.59 bits per heavy atom. The number of amides is 1. The maximum absolute atomic E-state index is 11.5. The van der Waals surface area contributed by atoms with Gasteiger partial charge in [-0.1, -0.05) is 0 Å². The molecule has 1 saturated carbocycles. The summed E-state index contributed by atoms with van der Waals surface area (Å²) in [4.78, 5) is 22.1. The molecular weight excluding hydrogens is 222 g/mol. The minimum absolute atomic E-state index is 0.0114. The molecular formula is C12H13NO4. The number of phenols is 1. The van der Waals surface area contributed by atoms with Gasteiger partial charge in [0, 0.05) is 6.42 Å². The monoisotopic (exact) mass is 235 g/mol. The number of phenolic OH excluding ortho intramolecular Hbond substituents is 1. The SMILES string of the molecule is O=C(CC1CC1)Nc1ccc(C(=O)O)cc1O. The molecule has 90 valence electrons. The van der Waals surface area contributed by atoms with Crippen molar-refractivity contribution in [2.24, 2.45) is 5.92 Å². The van der Waals surface area contributed by atoms with Crippen LogP contribution in [0.3, 0.4) is 0 Å². The van der Waals surface area contributed by atoms with Gasteiger partial charge in [-0.2, -0.15) is 0 Å². The lowest BCUT2D eigenvalue weighted by Gasteiger charge is -2.07. The fourth-order valence-electron chi connectivity index (χ4n) is 1.56. The van der Waals surface area contributed by atoms with Crippen LogP contribution in [0.5, 0.6) is 5.75 Å².